The molecule has 3 N–H and O–H groups in total. The van der Waals surface area contributed by atoms with E-state index in [9.17, 15) is 14.4 Å². The van der Waals surface area contributed by atoms with E-state index in [-0.39, 0.29) is 12.6 Å². The van der Waals surface area contributed by atoms with E-state index in [1.54, 1.807) is 49.4 Å². The largest absolute Gasteiger partial charge is 0.483 e. The van der Waals surface area contributed by atoms with Crippen LogP contribution in [-0.4, -0.2) is 36.6 Å². The Bertz CT molecular complexity index is 984. The molecule has 0 saturated heterocycles. The van der Waals surface area contributed by atoms with Gasteiger partial charge in [0.25, 0.3) is 5.91 Å². The Kier molecular flexibility index (Phi) is 9.48. The molecule has 0 spiro atoms. The summed E-state index contributed by atoms with van der Waals surface area (Å²) < 4.78 is 6.32. The van der Waals surface area contributed by atoms with Crippen molar-refractivity contribution in [3.05, 3.63) is 57.5 Å². The second kappa shape index (κ2) is 12.1. The van der Waals surface area contributed by atoms with E-state index in [1.165, 1.54) is 6.21 Å². The molecule has 2 rings (SSSR count). The molecule has 2 aromatic rings. The van der Waals surface area contributed by atoms with Crippen molar-refractivity contribution >= 4 is 57.2 Å². The maximum atomic E-state index is 12.2. The van der Waals surface area contributed by atoms with Crippen molar-refractivity contribution in [1.82, 2.24) is 10.7 Å². The highest BCUT2D eigenvalue weighted by Gasteiger charge is 2.14. The summed E-state index contributed by atoms with van der Waals surface area (Å²) in [5.41, 5.74) is 3.13. The minimum atomic E-state index is -0.881. The number of anilines is 1. The third-order valence-corrected chi connectivity index (χ3v) is 4.87. The summed E-state index contributed by atoms with van der Waals surface area (Å²) in [5.74, 6) is -1.69. The van der Waals surface area contributed by atoms with Crippen LogP contribution in [0.4, 0.5) is 5.69 Å². The Balaban J connectivity index is 1.98. The molecule has 10 heteroatoms. The third kappa shape index (κ3) is 8.03. The van der Waals surface area contributed by atoms with Gasteiger partial charge in [-0.25, -0.2) is 5.43 Å². The molecule has 0 unspecified atom stereocenters. The van der Waals surface area contributed by atoms with Crippen LogP contribution in [0.3, 0.4) is 0 Å². The number of hydrogen-bond donors (Lipinski definition) is 3. The summed E-state index contributed by atoms with van der Waals surface area (Å²) in [4.78, 5) is 35.7. The standard InChI is InChI=1S/C21H22BrClN4O4/c1-3-13(2)25-20(29)21(30)27-24-11-14-10-15(22)8-9-18(14)31-12-19(28)26-17-7-5-4-6-16(17)23/h4-11,13H,3,12H2,1-2H3,(H,25,29)(H,26,28)(H,27,30)/b24-11-/t13-/m1/s1. The van der Waals surface area contributed by atoms with E-state index >= 15 is 0 Å². The van der Waals surface area contributed by atoms with Crippen LogP contribution in [0.2, 0.25) is 5.02 Å². The van der Waals surface area contributed by atoms with Crippen molar-refractivity contribution < 1.29 is 19.1 Å². The van der Waals surface area contributed by atoms with Gasteiger partial charge >= 0.3 is 11.8 Å². The molecule has 0 heterocycles. The number of hydrogen-bond acceptors (Lipinski definition) is 5. The molecule has 0 aromatic heterocycles. The Morgan fingerprint density at radius 1 is 1.19 bits per heavy atom. The molecule has 0 aliphatic heterocycles. The van der Waals surface area contributed by atoms with Crippen molar-refractivity contribution in [3.8, 4) is 5.75 Å². The van der Waals surface area contributed by atoms with E-state index in [0.717, 1.165) is 4.47 Å². The summed E-state index contributed by atoms with van der Waals surface area (Å²) in [6.07, 6.45) is 2.02. The van der Waals surface area contributed by atoms with E-state index < -0.39 is 17.7 Å². The van der Waals surface area contributed by atoms with E-state index in [2.05, 4.69) is 37.1 Å². The lowest BCUT2D eigenvalue weighted by molar-refractivity contribution is -0.139. The van der Waals surface area contributed by atoms with Gasteiger partial charge in [0.2, 0.25) is 0 Å². The number of hydrazone groups is 1. The molecular weight excluding hydrogens is 488 g/mol. The van der Waals surface area contributed by atoms with E-state index in [4.69, 9.17) is 16.3 Å². The van der Waals surface area contributed by atoms with Crippen molar-refractivity contribution in [2.24, 2.45) is 5.10 Å². The van der Waals surface area contributed by atoms with Crippen LogP contribution in [-0.2, 0) is 14.4 Å². The normalized spacial score (nSPS) is 11.6. The number of nitrogens with zero attached hydrogens (tertiary/aromatic N) is 1. The molecule has 0 aliphatic carbocycles. The van der Waals surface area contributed by atoms with Gasteiger partial charge in [0.05, 0.1) is 16.9 Å². The minimum absolute atomic E-state index is 0.121. The first-order chi connectivity index (χ1) is 14.8. The summed E-state index contributed by atoms with van der Waals surface area (Å²) in [5, 5.41) is 9.42. The fourth-order valence-corrected chi connectivity index (χ4v) is 2.81. The first-order valence-corrected chi connectivity index (χ1v) is 10.6. The monoisotopic (exact) mass is 508 g/mol. The lowest BCUT2D eigenvalue weighted by Gasteiger charge is -2.11. The predicted octanol–water partition coefficient (Wildman–Crippen LogP) is 3.48. The quantitative estimate of drug-likeness (QED) is 0.287. The highest BCUT2D eigenvalue weighted by atomic mass is 79.9. The zero-order valence-corrected chi connectivity index (χ0v) is 19.3. The van der Waals surface area contributed by atoms with Gasteiger partial charge in [-0.2, -0.15) is 5.10 Å². The smallest absolute Gasteiger partial charge is 0.329 e. The van der Waals surface area contributed by atoms with Gasteiger partial charge in [-0.1, -0.05) is 46.6 Å². The van der Waals surface area contributed by atoms with Gasteiger partial charge in [-0.3, -0.25) is 14.4 Å². The SMILES string of the molecule is CC[C@@H](C)NC(=O)C(=O)N/N=C\c1cc(Br)ccc1OCC(=O)Nc1ccccc1Cl. The fourth-order valence-electron chi connectivity index (χ4n) is 2.25. The summed E-state index contributed by atoms with van der Waals surface area (Å²) in [6.45, 7) is 3.42. The molecule has 1 atom stereocenters. The molecule has 31 heavy (non-hydrogen) atoms. The highest BCUT2D eigenvalue weighted by Crippen LogP contribution is 2.23. The number of para-hydroxylation sites is 1. The topological polar surface area (TPSA) is 109 Å². The molecule has 2 aromatic carbocycles. The van der Waals surface area contributed by atoms with Crippen molar-refractivity contribution in [2.45, 2.75) is 26.3 Å². The second-order valence-corrected chi connectivity index (χ2v) is 7.80. The molecule has 0 radical (unpaired) electrons. The zero-order valence-electron chi connectivity index (χ0n) is 16.9. The summed E-state index contributed by atoms with van der Waals surface area (Å²) in [7, 11) is 0. The molecule has 0 bridgehead atoms. The number of ether oxygens (including phenoxy) is 1. The van der Waals surface area contributed by atoms with E-state index in [0.29, 0.717) is 28.4 Å². The van der Waals surface area contributed by atoms with Gasteiger partial charge in [-0.15, -0.1) is 0 Å². The molecule has 8 nitrogen and oxygen atoms in total. The van der Waals surface area contributed by atoms with Crippen LogP contribution >= 0.6 is 27.5 Å². The van der Waals surface area contributed by atoms with Crippen LogP contribution in [0.1, 0.15) is 25.8 Å². The average Bonchev–Trinajstić information content (AvgIpc) is 2.74. The van der Waals surface area contributed by atoms with Gasteiger partial charge in [0.15, 0.2) is 6.61 Å². The van der Waals surface area contributed by atoms with Gasteiger partial charge < -0.3 is 15.4 Å². The van der Waals surface area contributed by atoms with E-state index in [1.807, 2.05) is 6.92 Å². The summed E-state index contributed by atoms with van der Waals surface area (Å²) in [6, 6.07) is 11.8. The van der Waals surface area contributed by atoms with Crippen molar-refractivity contribution in [2.75, 3.05) is 11.9 Å². The Hall–Kier alpha value is -2.91. The molecule has 0 saturated carbocycles. The molecule has 0 fully saturated rings. The summed E-state index contributed by atoms with van der Waals surface area (Å²) >= 11 is 9.37. The Labute approximate surface area is 193 Å². The Morgan fingerprint density at radius 2 is 1.94 bits per heavy atom. The van der Waals surface area contributed by atoms with Crippen LogP contribution in [0.15, 0.2) is 52.0 Å². The fraction of sp³-hybridized carbons (Fsp3) is 0.238. The van der Waals surface area contributed by atoms with Crippen LogP contribution in [0.5, 0.6) is 5.75 Å². The molecule has 164 valence electrons. The first-order valence-electron chi connectivity index (χ1n) is 9.40. The lowest BCUT2D eigenvalue weighted by Crippen LogP contribution is -2.41. The third-order valence-electron chi connectivity index (χ3n) is 4.04. The minimum Gasteiger partial charge on any atom is -0.483 e. The van der Waals surface area contributed by atoms with Crippen LogP contribution in [0, 0.1) is 0 Å². The number of carbonyl (C=O) groups is 3. The number of rotatable bonds is 8. The number of carbonyl (C=O) groups excluding carboxylic acids is 3. The van der Waals surface area contributed by atoms with Gasteiger partial charge in [0, 0.05) is 16.1 Å². The predicted molar refractivity (Wildman–Crippen MR) is 123 cm³/mol. The van der Waals surface area contributed by atoms with Crippen LogP contribution in [0.25, 0.3) is 0 Å². The van der Waals surface area contributed by atoms with Crippen LogP contribution < -0.4 is 20.8 Å². The second-order valence-electron chi connectivity index (χ2n) is 6.48. The lowest BCUT2D eigenvalue weighted by atomic mass is 10.2. The van der Waals surface area contributed by atoms with Crippen molar-refractivity contribution in [3.63, 3.8) is 0 Å². The first kappa shape index (κ1) is 24.4. The maximum Gasteiger partial charge on any atom is 0.329 e. The maximum absolute atomic E-state index is 12.2. The number of benzene rings is 2. The average molecular weight is 510 g/mol. The van der Waals surface area contributed by atoms with Gasteiger partial charge in [-0.05, 0) is 43.7 Å². The molecular formula is C21H22BrClN4O4. The molecule has 0 aliphatic rings. The Morgan fingerprint density at radius 3 is 2.65 bits per heavy atom. The molecule has 3 amide bonds. The van der Waals surface area contributed by atoms with Crippen molar-refractivity contribution in [1.29, 1.82) is 0 Å². The zero-order chi connectivity index (χ0) is 22.8. The number of nitrogens with one attached hydrogen (secondary N) is 3. The highest BCUT2D eigenvalue weighted by molar-refractivity contribution is 9.10. The number of halogens is 2. The number of amides is 3. The van der Waals surface area contributed by atoms with Gasteiger partial charge in [0.1, 0.15) is 5.75 Å².